The van der Waals surface area contributed by atoms with Crippen molar-refractivity contribution in [2.75, 3.05) is 19.5 Å². The lowest BCUT2D eigenvalue weighted by atomic mass is 10.1. The smallest absolute Gasteiger partial charge is 0.339 e. The zero-order chi connectivity index (χ0) is 43.1. The lowest BCUT2D eigenvalue weighted by molar-refractivity contribution is 0.0682. The summed E-state index contributed by atoms with van der Waals surface area (Å²) in [6.45, 7) is 0. The summed E-state index contributed by atoms with van der Waals surface area (Å²) in [4.78, 5) is 21.3. The number of anilines is 2. The molecule has 304 valence electrons. The second kappa shape index (κ2) is 15.4. The van der Waals surface area contributed by atoms with Gasteiger partial charge in [0.1, 0.15) is 66.7 Å². The molecule has 0 aromatic heterocycles. The summed E-state index contributed by atoms with van der Waals surface area (Å²) < 4.78 is 80.2. The second-order valence-electron chi connectivity index (χ2n) is 12.2. The molecule has 0 aliphatic rings. The van der Waals surface area contributed by atoms with Gasteiger partial charge in [0.25, 0.3) is 20.2 Å². The van der Waals surface area contributed by atoms with Crippen LogP contribution >= 0.6 is 0 Å². The number of phenolic OH excluding ortho intramolecular Hbond substituents is 2. The van der Waals surface area contributed by atoms with E-state index in [4.69, 9.17) is 9.47 Å². The first-order valence-corrected chi connectivity index (χ1v) is 19.0. The van der Waals surface area contributed by atoms with Gasteiger partial charge in [0.05, 0.1) is 14.2 Å². The minimum Gasteiger partial charge on any atom is -0.507 e. The van der Waals surface area contributed by atoms with Crippen LogP contribution in [0.5, 0.6) is 34.5 Å². The number of benzene rings is 6. The van der Waals surface area contributed by atoms with E-state index in [0.717, 1.165) is 36.4 Å². The summed E-state index contributed by atoms with van der Waals surface area (Å²) in [5, 5.41) is 79.2. The number of hydrogen-bond donors (Lipinski definition) is 9. The maximum Gasteiger partial charge on any atom is 0.339 e. The third kappa shape index (κ3) is 8.14. The number of phenols is 4. The van der Waals surface area contributed by atoms with Crippen molar-refractivity contribution in [2.45, 2.75) is 9.79 Å². The predicted molar refractivity (Wildman–Crippen MR) is 206 cm³/mol. The van der Waals surface area contributed by atoms with Crippen molar-refractivity contribution in [1.29, 1.82) is 0 Å². The lowest BCUT2D eigenvalue weighted by Crippen LogP contribution is -2.00. The molecule has 0 spiro atoms. The number of ether oxygens (including phenoxy) is 2. The lowest BCUT2D eigenvalue weighted by Gasteiger charge is -2.13. The van der Waals surface area contributed by atoms with Crippen LogP contribution in [-0.4, -0.2) is 82.7 Å². The molecule has 59 heavy (non-hydrogen) atoms. The summed E-state index contributed by atoms with van der Waals surface area (Å²) in [6, 6.07) is 13.9. The number of aromatic hydroxyl groups is 4. The number of aromatic carboxylic acids is 2. The normalized spacial score (nSPS) is 12.1. The van der Waals surface area contributed by atoms with Gasteiger partial charge in [-0.15, -0.1) is 20.5 Å². The van der Waals surface area contributed by atoms with Crippen molar-refractivity contribution < 1.29 is 75.6 Å². The monoisotopic (exact) mass is 849 g/mol. The molecule has 0 aliphatic heterocycles. The number of fused-ring (bicyclic) bond motifs is 2. The molecule has 0 amide bonds. The van der Waals surface area contributed by atoms with Gasteiger partial charge in [-0.1, -0.05) is 0 Å². The quantitative estimate of drug-likeness (QED) is 0.0430. The fourth-order valence-corrected chi connectivity index (χ4v) is 7.08. The first-order valence-electron chi connectivity index (χ1n) is 16.1. The van der Waals surface area contributed by atoms with Crippen molar-refractivity contribution in [2.24, 2.45) is 20.5 Å². The topological polar surface area (TPSA) is 344 Å². The molecule has 0 aliphatic carbocycles. The van der Waals surface area contributed by atoms with Crippen LogP contribution in [0, 0.1) is 0 Å². The number of nitrogens with one attached hydrogen (secondary N) is 1. The third-order valence-electron chi connectivity index (χ3n) is 8.52. The van der Waals surface area contributed by atoms with Crippen LogP contribution in [0.1, 0.15) is 20.7 Å². The molecule has 0 saturated heterocycles. The van der Waals surface area contributed by atoms with Gasteiger partial charge in [0.15, 0.2) is 11.5 Å². The summed E-state index contributed by atoms with van der Waals surface area (Å²) in [7, 11) is -7.82. The summed E-state index contributed by atoms with van der Waals surface area (Å²) >= 11 is 0. The summed E-state index contributed by atoms with van der Waals surface area (Å²) in [6.07, 6.45) is 0. The van der Waals surface area contributed by atoms with Gasteiger partial charge in [0.2, 0.25) is 0 Å². The van der Waals surface area contributed by atoms with Crippen LogP contribution in [-0.2, 0) is 20.2 Å². The molecule has 21 nitrogen and oxygen atoms in total. The number of rotatable bonds is 12. The number of carbonyl (C=O) groups is 2. The zero-order valence-corrected chi connectivity index (χ0v) is 31.5. The van der Waals surface area contributed by atoms with E-state index in [2.05, 4.69) is 25.8 Å². The molecular formula is C36H27N5O16S2. The highest BCUT2D eigenvalue weighted by Crippen LogP contribution is 2.46. The molecule has 6 rings (SSSR count). The maximum atomic E-state index is 12.5. The van der Waals surface area contributed by atoms with Gasteiger partial charge in [-0.05, 0) is 71.4 Å². The van der Waals surface area contributed by atoms with E-state index in [-0.39, 0.29) is 55.8 Å². The van der Waals surface area contributed by atoms with Gasteiger partial charge >= 0.3 is 11.9 Å². The Balaban J connectivity index is 1.39. The van der Waals surface area contributed by atoms with E-state index in [9.17, 15) is 66.2 Å². The van der Waals surface area contributed by atoms with E-state index >= 15 is 0 Å². The average molecular weight is 850 g/mol. The number of azo groups is 2. The van der Waals surface area contributed by atoms with Crippen LogP contribution in [0.2, 0.25) is 0 Å². The Morgan fingerprint density at radius 3 is 1.25 bits per heavy atom. The fourth-order valence-electron chi connectivity index (χ4n) is 5.76. The molecular weight excluding hydrogens is 823 g/mol. The number of carboxylic acid groups (broad SMARTS) is 2. The first kappa shape index (κ1) is 41.0. The number of nitrogens with zero attached hydrogens (tertiary/aromatic N) is 4. The van der Waals surface area contributed by atoms with Crippen molar-refractivity contribution in [3.8, 4) is 34.5 Å². The Hall–Kier alpha value is -7.60. The SMILES string of the molecule is COc1cc(O)c(C(=O)O)cc1N=Nc1c(S(=O)(=O)O)cc2cc(Nc3ccc4c(O)c(N=Nc5cc(C(=O)O)c(O)cc5OC)c(S(=O)(=O)O)cc4c3)ccc2c1O. The minimum atomic E-state index is -5.09. The molecule has 0 heterocycles. The number of methoxy groups -OCH3 is 2. The van der Waals surface area contributed by atoms with Gasteiger partial charge in [-0.3, -0.25) is 9.11 Å². The Bertz CT molecular complexity index is 2860. The van der Waals surface area contributed by atoms with E-state index in [1.165, 1.54) is 50.6 Å². The molecule has 6 aromatic carbocycles. The molecule has 0 fully saturated rings. The van der Waals surface area contributed by atoms with Crippen LogP contribution in [0.15, 0.2) is 103 Å². The Morgan fingerprint density at radius 2 is 0.932 bits per heavy atom. The van der Waals surface area contributed by atoms with Crippen LogP contribution in [0.4, 0.5) is 34.1 Å². The molecule has 0 radical (unpaired) electrons. The highest BCUT2D eigenvalue weighted by Gasteiger charge is 2.25. The Morgan fingerprint density at radius 1 is 0.559 bits per heavy atom. The molecule has 23 heteroatoms. The second-order valence-corrected chi connectivity index (χ2v) is 15.0. The van der Waals surface area contributed by atoms with E-state index in [1.807, 2.05) is 0 Å². The molecule has 6 aromatic rings. The van der Waals surface area contributed by atoms with Gasteiger partial charge in [-0.2, -0.15) is 16.8 Å². The van der Waals surface area contributed by atoms with Crippen molar-refractivity contribution in [3.05, 3.63) is 83.9 Å². The standard InChI is InChI=1S/C36H27N5O16S2/c1-56-27-13-25(42)21(35(46)47)11-23(27)38-40-31-29(58(50,51)52)9-15-7-17(3-5-19(15)33(31)44)37-18-4-6-20-16(8-18)10-30(59(53,54)55)32(34(20)45)41-39-24-12-22(36(48)49)26(43)14-28(24)57-2/h3-14,37,42-45H,1-2H3,(H,46,47)(H,48,49)(H,50,51,52)(H,53,54,55). The molecule has 0 atom stereocenters. The largest absolute Gasteiger partial charge is 0.507 e. The van der Waals surface area contributed by atoms with Crippen LogP contribution < -0.4 is 14.8 Å². The number of hydrogen-bond acceptors (Lipinski definition) is 17. The van der Waals surface area contributed by atoms with Crippen LogP contribution in [0.3, 0.4) is 0 Å². The van der Waals surface area contributed by atoms with Crippen molar-refractivity contribution in [1.82, 2.24) is 0 Å². The Kier molecular flexibility index (Phi) is 10.7. The van der Waals surface area contributed by atoms with Gasteiger partial charge < -0.3 is 45.4 Å². The van der Waals surface area contributed by atoms with E-state index < -0.39 is 87.5 Å². The van der Waals surface area contributed by atoms with E-state index in [0.29, 0.717) is 0 Å². The Labute approximate surface area is 330 Å². The van der Waals surface area contributed by atoms with Crippen LogP contribution in [0.25, 0.3) is 21.5 Å². The van der Waals surface area contributed by atoms with Crippen molar-refractivity contribution in [3.63, 3.8) is 0 Å². The summed E-state index contributed by atoms with van der Waals surface area (Å²) in [5.74, 6) is -6.18. The predicted octanol–water partition coefficient (Wildman–Crippen LogP) is 7.30. The van der Waals surface area contributed by atoms with Gasteiger partial charge in [-0.25, -0.2) is 9.59 Å². The highest BCUT2D eigenvalue weighted by molar-refractivity contribution is 7.86. The zero-order valence-electron chi connectivity index (χ0n) is 29.9. The third-order valence-corrected chi connectivity index (χ3v) is 10.3. The van der Waals surface area contributed by atoms with E-state index in [1.54, 1.807) is 0 Å². The molecule has 9 N–H and O–H groups in total. The van der Waals surface area contributed by atoms with Gasteiger partial charge in [0, 0.05) is 34.3 Å². The fraction of sp³-hybridized carbons (Fsp3) is 0.0556. The molecule has 0 unspecified atom stereocenters. The number of carboxylic acids is 2. The first-order chi connectivity index (χ1) is 27.7. The minimum absolute atomic E-state index is 0.0211. The summed E-state index contributed by atoms with van der Waals surface area (Å²) in [5.41, 5.74) is -2.64. The van der Waals surface area contributed by atoms with Crippen molar-refractivity contribution >= 4 is 87.8 Å². The molecule has 0 saturated carbocycles. The highest BCUT2D eigenvalue weighted by atomic mass is 32.2. The average Bonchev–Trinajstić information content (AvgIpc) is 3.16. The molecule has 0 bridgehead atoms. The maximum absolute atomic E-state index is 12.5.